The van der Waals surface area contributed by atoms with Crippen LogP contribution in [0.15, 0.2) is 41.3 Å². The van der Waals surface area contributed by atoms with E-state index in [1.54, 1.807) is 6.21 Å². The third-order valence-electron chi connectivity index (χ3n) is 6.40. The van der Waals surface area contributed by atoms with Crippen molar-refractivity contribution in [2.24, 2.45) is 21.7 Å². The summed E-state index contributed by atoms with van der Waals surface area (Å²) < 4.78 is 30.9. The van der Waals surface area contributed by atoms with Crippen LogP contribution in [-0.4, -0.2) is 26.2 Å². The predicted octanol–water partition coefficient (Wildman–Crippen LogP) is 3.07. The first-order valence-electron chi connectivity index (χ1n) is 8.78. The van der Waals surface area contributed by atoms with Gasteiger partial charge in [0.15, 0.2) is 0 Å². The Hall–Kier alpha value is -2.15. The predicted molar refractivity (Wildman–Crippen MR) is 99.2 cm³/mol. The molecule has 2 atom stereocenters. The van der Waals surface area contributed by atoms with Crippen LogP contribution in [0.25, 0.3) is 0 Å². The van der Waals surface area contributed by atoms with Crippen molar-refractivity contribution >= 4 is 27.8 Å². The number of ketones is 1. The molecule has 0 spiro atoms. The highest BCUT2D eigenvalue weighted by Gasteiger charge is 2.65. The van der Waals surface area contributed by atoms with Gasteiger partial charge >= 0.3 is 10.1 Å². The molecule has 1 aromatic rings. The smallest absolute Gasteiger partial charge is 0.311 e. The summed E-state index contributed by atoms with van der Waals surface area (Å²) in [5.74, 6) is 0.0709. The van der Waals surface area contributed by atoms with Gasteiger partial charge in [0, 0.05) is 23.9 Å². The first-order valence-corrected chi connectivity index (χ1v) is 10.4. The van der Waals surface area contributed by atoms with Crippen molar-refractivity contribution in [3.63, 3.8) is 0 Å². The first-order chi connectivity index (χ1) is 12.2. The summed E-state index contributed by atoms with van der Waals surface area (Å²) in [4.78, 5) is 16.7. The van der Waals surface area contributed by atoms with E-state index in [1.165, 1.54) is 6.20 Å². The Morgan fingerprint density at radius 1 is 1.31 bits per heavy atom. The van der Waals surface area contributed by atoms with E-state index in [9.17, 15) is 13.2 Å². The zero-order valence-electron chi connectivity index (χ0n) is 14.9. The first kappa shape index (κ1) is 17.3. The molecule has 4 rings (SSSR count). The molecular weight excluding hydrogens is 352 g/mol. The van der Waals surface area contributed by atoms with Crippen molar-refractivity contribution in [1.29, 1.82) is 0 Å². The number of benzene rings is 1. The normalized spacial score (nSPS) is 28.9. The van der Waals surface area contributed by atoms with Gasteiger partial charge in [-0.25, -0.2) is 0 Å². The Balaban J connectivity index is 1.57. The van der Waals surface area contributed by atoms with E-state index in [1.807, 2.05) is 38.1 Å². The monoisotopic (exact) mass is 374 g/mol. The van der Waals surface area contributed by atoms with Crippen LogP contribution >= 0.6 is 0 Å². The molecule has 138 valence electrons. The van der Waals surface area contributed by atoms with Gasteiger partial charge in [-0.3, -0.25) is 9.79 Å². The fourth-order valence-electron chi connectivity index (χ4n) is 4.69. The molecule has 6 nitrogen and oxygen atoms in total. The lowest BCUT2D eigenvalue weighted by molar-refractivity contribution is -0.128. The van der Waals surface area contributed by atoms with E-state index in [0.29, 0.717) is 18.5 Å². The van der Waals surface area contributed by atoms with Crippen LogP contribution in [0.4, 0.5) is 5.69 Å². The number of Topliss-reactive ketones (excluding diaryl/α,β-unsaturated/α-hetero) is 1. The summed E-state index contributed by atoms with van der Waals surface area (Å²) in [5, 5.41) is 2.96. The number of nitrogens with one attached hydrogen (secondary N) is 1. The van der Waals surface area contributed by atoms with Gasteiger partial charge in [0.2, 0.25) is 5.88 Å². The molecule has 2 bridgehead atoms. The highest BCUT2D eigenvalue weighted by atomic mass is 32.2. The van der Waals surface area contributed by atoms with E-state index in [2.05, 4.69) is 10.3 Å². The molecule has 1 aromatic carbocycles. The minimum absolute atomic E-state index is 0.0420. The highest BCUT2D eigenvalue weighted by molar-refractivity contribution is 7.86. The Morgan fingerprint density at radius 2 is 2.08 bits per heavy atom. The molecule has 1 aliphatic heterocycles. The molecule has 2 fully saturated rings. The molecule has 0 radical (unpaired) electrons. The van der Waals surface area contributed by atoms with E-state index in [-0.39, 0.29) is 28.8 Å². The number of nitrogens with zero attached hydrogens (tertiary/aromatic N) is 1. The van der Waals surface area contributed by atoms with Crippen molar-refractivity contribution in [3.8, 4) is 0 Å². The summed E-state index contributed by atoms with van der Waals surface area (Å²) in [6, 6.07) is 7.40. The van der Waals surface area contributed by atoms with Gasteiger partial charge in [-0.2, -0.15) is 8.42 Å². The third-order valence-corrected chi connectivity index (χ3v) is 7.68. The van der Waals surface area contributed by atoms with Crippen LogP contribution in [0.2, 0.25) is 0 Å². The maximum Gasteiger partial charge on any atom is 0.311 e. The van der Waals surface area contributed by atoms with Gasteiger partial charge in [-0.05, 0) is 30.2 Å². The van der Waals surface area contributed by atoms with Crippen molar-refractivity contribution in [3.05, 3.63) is 41.9 Å². The lowest BCUT2D eigenvalue weighted by Gasteiger charge is -2.35. The number of carbonyl (C=O) groups is 1. The van der Waals surface area contributed by atoms with Crippen LogP contribution in [-0.2, 0) is 19.1 Å². The topological polar surface area (TPSA) is 84.8 Å². The molecule has 0 saturated heterocycles. The largest absolute Gasteiger partial charge is 0.362 e. The number of hydrogen-bond donors (Lipinski definition) is 1. The second kappa shape index (κ2) is 5.67. The van der Waals surface area contributed by atoms with Crippen LogP contribution < -0.4 is 5.32 Å². The fourth-order valence-corrected chi connectivity index (χ4v) is 6.39. The van der Waals surface area contributed by atoms with Gasteiger partial charge in [0.1, 0.15) is 5.78 Å². The molecule has 0 amide bonds. The third kappa shape index (κ3) is 2.57. The summed E-state index contributed by atoms with van der Waals surface area (Å²) >= 11 is 0. The van der Waals surface area contributed by atoms with Crippen molar-refractivity contribution in [2.75, 3.05) is 11.1 Å². The summed E-state index contributed by atoms with van der Waals surface area (Å²) in [5.41, 5.74) is 0.384. The number of carbonyl (C=O) groups excluding carboxylic acids is 1. The van der Waals surface area contributed by atoms with Crippen molar-refractivity contribution < 1.29 is 17.4 Å². The minimum Gasteiger partial charge on any atom is -0.362 e. The van der Waals surface area contributed by atoms with Gasteiger partial charge in [-0.15, -0.1) is 0 Å². The molecule has 1 heterocycles. The summed E-state index contributed by atoms with van der Waals surface area (Å²) in [6.07, 6.45) is 4.96. The lowest BCUT2D eigenvalue weighted by Crippen LogP contribution is -2.42. The number of rotatable bonds is 4. The Kier molecular flexibility index (Phi) is 3.77. The Bertz CT molecular complexity index is 933. The number of fused-ring (bicyclic) bond motifs is 3. The quantitative estimate of drug-likeness (QED) is 0.819. The molecular formula is C19H22N2O4S. The zero-order valence-corrected chi connectivity index (χ0v) is 15.7. The van der Waals surface area contributed by atoms with E-state index >= 15 is 0 Å². The van der Waals surface area contributed by atoms with Gasteiger partial charge in [0.25, 0.3) is 0 Å². The second-order valence-corrected chi connectivity index (χ2v) is 9.51. The van der Waals surface area contributed by atoms with Crippen LogP contribution in [0.3, 0.4) is 0 Å². The number of para-hydroxylation sites is 1. The fraction of sp³-hybridized carbons (Fsp3) is 0.474. The zero-order chi connectivity index (χ0) is 18.6. The molecule has 7 heteroatoms. The van der Waals surface area contributed by atoms with Gasteiger partial charge < -0.3 is 9.50 Å². The molecule has 1 N–H and O–H groups in total. The minimum atomic E-state index is -3.96. The summed E-state index contributed by atoms with van der Waals surface area (Å²) in [6.45, 7) is 4.02. The molecule has 2 unspecified atom stereocenters. The molecule has 3 aliphatic rings. The van der Waals surface area contributed by atoms with Crippen LogP contribution in [0.5, 0.6) is 0 Å². The molecule has 26 heavy (non-hydrogen) atoms. The molecule has 0 aromatic heterocycles. The highest BCUT2D eigenvalue weighted by Crippen LogP contribution is 2.64. The molecule has 2 aliphatic carbocycles. The average Bonchev–Trinajstić information content (AvgIpc) is 2.81. The SMILES string of the molecule is CC1(C)C2CCC1(CS(=O)(=O)OC1=CN=Cc3ccccc3N1)C(=O)C2. The van der Waals surface area contributed by atoms with Crippen molar-refractivity contribution in [2.45, 2.75) is 33.1 Å². The lowest BCUT2D eigenvalue weighted by atomic mass is 9.70. The van der Waals surface area contributed by atoms with E-state index in [0.717, 1.165) is 12.0 Å². The van der Waals surface area contributed by atoms with Crippen LogP contribution in [0, 0.1) is 16.7 Å². The van der Waals surface area contributed by atoms with E-state index in [4.69, 9.17) is 4.18 Å². The number of hydrogen-bond acceptors (Lipinski definition) is 6. The average molecular weight is 374 g/mol. The van der Waals surface area contributed by atoms with Gasteiger partial charge in [-0.1, -0.05) is 32.0 Å². The molecule has 2 saturated carbocycles. The second-order valence-electron chi connectivity index (χ2n) is 7.94. The summed E-state index contributed by atoms with van der Waals surface area (Å²) in [7, 11) is -3.96. The Morgan fingerprint density at radius 3 is 2.77 bits per heavy atom. The van der Waals surface area contributed by atoms with Gasteiger partial charge in [0.05, 0.1) is 17.4 Å². The number of anilines is 1. The number of aliphatic imine (C=N–C) groups is 1. The standard InChI is InChI=1S/C19H22N2O4S/c1-18(2)14-7-8-19(18,16(22)9-14)12-26(23,24)25-17-11-20-10-13-5-3-4-6-15(13)21-17/h3-6,10-11,14,21H,7-9,12H2,1-2H3. The Labute approximate surface area is 153 Å². The van der Waals surface area contributed by atoms with Crippen LogP contribution in [0.1, 0.15) is 38.7 Å². The van der Waals surface area contributed by atoms with Crippen molar-refractivity contribution in [1.82, 2.24) is 0 Å². The maximum atomic E-state index is 12.8. The van der Waals surface area contributed by atoms with E-state index < -0.39 is 15.5 Å². The maximum absolute atomic E-state index is 12.8.